The number of benzene rings is 2. The number of aliphatic hydroxyl groups excluding tert-OH is 1. The third-order valence-electron chi connectivity index (χ3n) is 12.4. The molecule has 6 atom stereocenters. The zero-order chi connectivity index (χ0) is 45.0. The fourth-order valence-electron chi connectivity index (χ4n) is 8.78. The van der Waals surface area contributed by atoms with E-state index in [1.807, 2.05) is 0 Å². The minimum Gasteiger partial charge on any atom is -0.507 e. The number of ether oxygens (including phenoxy) is 5. The van der Waals surface area contributed by atoms with Crippen LogP contribution in [0.3, 0.4) is 0 Å². The molecule has 5 rings (SSSR count). The number of rotatable bonds is 24. The van der Waals surface area contributed by atoms with Crippen molar-refractivity contribution in [2.24, 2.45) is 5.73 Å². The largest absolute Gasteiger partial charge is 0.507 e. The molecule has 0 spiro atoms. The summed E-state index contributed by atoms with van der Waals surface area (Å²) in [7, 11) is 1.31. The monoisotopic (exact) mass is 867 g/mol. The number of unbranched alkanes of at least 4 members (excludes halogenated alkanes) is 14. The molecular weight excluding hydrogens is 803 g/mol. The molecule has 0 amide bonds. The van der Waals surface area contributed by atoms with Gasteiger partial charge in [-0.2, -0.15) is 0 Å². The Bertz CT molecular complexity index is 1900. The molecule has 15 nitrogen and oxygen atoms in total. The van der Waals surface area contributed by atoms with Gasteiger partial charge in [-0.25, -0.2) is 4.79 Å². The maximum absolute atomic E-state index is 14.0. The van der Waals surface area contributed by atoms with Gasteiger partial charge in [0, 0.05) is 48.4 Å². The zero-order valence-electron chi connectivity index (χ0n) is 36.4. The van der Waals surface area contributed by atoms with Crippen molar-refractivity contribution in [1.29, 1.82) is 0 Å². The molecular formula is C47H65NO14. The van der Waals surface area contributed by atoms with Gasteiger partial charge in [0.25, 0.3) is 0 Å². The van der Waals surface area contributed by atoms with Gasteiger partial charge in [0.2, 0.25) is 11.6 Å². The summed E-state index contributed by atoms with van der Waals surface area (Å²) < 4.78 is 27.5. The first-order valence-electron chi connectivity index (χ1n) is 22.4. The molecule has 0 radical (unpaired) electrons. The number of methoxy groups -OCH3 is 1. The van der Waals surface area contributed by atoms with Gasteiger partial charge in [0.15, 0.2) is 25.3 Å². The molecule has 0 saturated carbocycles. The second-order valence-electron chi connectivity index (χ2n) is 17.0. The second-order valence-corrected chi connectivity index (χ2v) is 17.0. The highest BCUT2D eigenvalue weighted by molar-refractivity contribution is 6.31. The molecule has 342 valence electrons. The molecule has 62 heavy (non-hydrogen) atoms. The summed E-state index contributed by atoms with van der Waals surface area (Å²) in [5, 5.41) is 45.8. The van der Waals surface area contributed by atoms with E-state index in [1.165, 1.54) is 95.9 Å². The first-order valence-corrected chi connectivity index (χ1v) is 22.4. The molecule has 6 N–H and O–H groups in total. The average Bonchev–Trinajstić information content (AvgIpc) is 3.25. The SMILES string of the molecule is CCCCCCCCCCCCCCCCCC(=O)OCC(=O)OCC(=O)[C@@]1(O)Cc2c(O)c3c(c(O)c2[C@H](O[C@@H]2C[C@H](N)[C@H](O)[C@H](C)O2)C1)C(=O)c1c(OC)cccc1C3=O. The van der Waals surface area contributed by atoms with Gasteiger partial charge in [0.05, 0.1) is 42.1 Å². The molecule has 1 saturated heterocycles. The minimum absolute atomic E-state index is 0.0425. The van der Waals surface area contributed by atoms with Gasteiger partial charge in [-0.1, -0.05) is 109 Å². The summed E-state index contributed by atoms with van der Waals surface area (Å²) in [4.78, 5) is 66.4. The normalized spacial score (nSPS) is 23.0. The van der Waals surface area contributed by atoms with Crippen molar-refractivity contribution in [1.82, 2.24) is 0 Å². The van der Waals surface area contributed by atoms with Crippen LogP contribution in [0.25, 0.3) is 0 Å². The number of aliphatic hydroxyl groups is 2. The van der Waals surface area contributed by atoms with Crippen molar-refractivity contribution < 1.29 is 68.1 Å². The summed E-state index contributed by atoms with van der Waals surface area (Å²) in [5.41, 5.74) is 2.02. The lowest BCUT2D eigenvalue weighted by atomic mass is 9.72. The van der Waals surface area contributed by atoms with Gasteiger partial charge in [-0.15, -0.1) is 0 Å². The number of phenols is 2. The van der Waals surface area contributed by atoms with Crippen molar-refractivity contribution in [2.45, 2.75) is 172 Å². The lowest BCUT2D eigenvalue weighted by Crippen LogP contribution is -2.53. The van der Waals surface area contributed by atoms with E-state index >= 15 is 0 Å². The Morgan fingerprint density at radius 3 is 1.98 bits per heavy atom. The lowest BCUT2D eigenvalue weighted by molar-refractivity contribution is -0.247. The van der Waals surface area contributed by atoms with Crippen LogP contribution in [0, 0.1) is 0 Å². The summed E-state index contributed by atoms with van der Waals surface area (Å²) >= 11 is 0. The Balaban J connectivity index is 1.16. The highest BCUT2D eigenvalue weighted by Gasteiger charge is 2.50. The Labute approximate surface area is 363 Å². The molecule has 0 bridgehead atoms. The fraction of sp³-hybridized carbons (Fsp3) is 0.638. The van der Waals surface area contributed by atoms with Crippen molar-refractivity contribution in [2.75, 3.05) is 20.3 Å². The third-order valence-corrected chi connectivity index (χ3v) is 12.4. The van der Waals surface area contributed by atoms with E-state index in [1.54, 1.807) is 6.92 Å². The second kappa shape index (κ2) is 22.8. The maximum Gasteiger partial charge on any atom is 0.344 e. The first-order chi connectivity index (χ1) is 29.7. The number of nitrogens with two attached hydrogens (primary N) is 1. The van der Waals surface area contributed by atoms with Gasteiger partial charge in [-0.05, 0) is 19.4 Å². The zero-order valence-corrected chi connectivity index (χ0v) is 36.4. The van der Waals surface area contributed by atoms with Crippen LogP contribution >= 0.6 is 0 Å². The number of carbonyl (C=O) groups excluding carboxylic acids is 5. The highest BCUT2D eigenvalue weighted by Crippen LogP contribution is 2.52. The van der Waals surface area contributed by atoms with Gasteiger partial charge < -0.3 is 49.8 Å². The number of phenolic OH excluding ortho intramolecular Hbond substituents is 2. The molecule has 0 unspecified atom stereocenters. The van der Waals surface area contributed by atoms with Crippen LogP contribution in [0.1, 0.15) is 178 Å². The Morgan fingerprint density at radius 1 is 0.806 bits per heavy atom. The van der Waals surface area contributed by atoms with E-state index in [9.17, 15) is 44.4 Å². The number of aromatic hydroxyl groups is 2. The van der Waals surface area contributed by atoms with E-state index in [2.05, 4.69) is 6.92 Å². The first kappa shape index (κ1) is 48.6. The van der Waals surface area contributed by atoms with Gasteiger partial charge >= 0.3 is 11.9 Å². The predicted octanol–water partition coefficient (Wildman–Crippen LogP) is 6.36. The number of ketones is 3. The topological polar surface area (TPSA) is 238 Å². The molecule has 15 heteroatoms. The molecule has 1 heterocycles. The van der Waals surface area contributed by atoms with E-state index < -0.39 is 114 Å². The number of fused-ring (bicyclic) bond motifs is 3. The van der Waals surface area contributed by atoms with Crippen LogP contribution < -0.4 is 10.5 Å². The molecule has 0 aromatic heterocycles. The summed E-state index contributed by atoms with van der Waals surface area (Å²) in [6, 6.07) is 3.54. The Morgan fingerprint density at radius 2 is 1.39 bits per heavy atom. The highest BCUT2D eigenvalue weighted by atomic mass is 16.7. The van der Waals surface area contributed by atoms with Crippen LogP contribution in [0.4, 0.5) is 0 Å². The summed E-state index contributed by atoms with van der Waals surface area (Å²) in [5.74, 6) is -5.66. The molecule has 1 fully saturated rings. The number of Topliss-reactive ketones (excluding diaryl/α,β-unsaturated/α-hetero) is 1. The molecule has 2 aliphatic carbocycles. The van der Waals surface area contributed by atoms with Crippen molar-refractivity contribution in [3.63, 3.8) is 0 Å². The van der Waals surface area contributed by atoms with Crippen LogP contribution in [0.2, 0.25) is 0 Å². The molecule has 2 aromatic rings. The Hall–Kier alpha value is -4.41. The number of hydrogen-bond donors (Lipinski definition) is 5. The standard InChI is InChI=1S/C47H65NO14/c1-4-5-6-7-8-9-10-11-12-13-14-15-16-17-18-22-35(50)60-27-36(51)59-26-34(49)47(57)24-30-39(33(25-47)62-37-23-31(48)42(52)28(2)61-37)46(56)41-40(44(30)54)43(53)29-20-19-21-32(58-3)38(29)45(41)55/h19-21,28,31,33,37,42,52,54,56-57H,4-18,22-27,48H2,1-3H3/t28-,31-,33+,37+,42+,47+/m0/s1. The minimum atomic E-state index is -2.41. The predicted molar refractivity (Wildman–Crippen MR) is 226 cm³/mol. The Kier molecular flexibility index (Phi) is 17.9. The van der Waals surface area contributed by atoms with E-state index in [0.717, 1.165) is 19.3 Å². The molecule has 2 aromatic carbocycles. The fourth-order valence-corrected chi connectivity index (χ4v) is 8.78. The van der Waals surface area contributed by atoms with Crippen LogP contribution in [-0.4, -0.2) is 100 Å². The lowest BCUT2D eigenvalue weighted by Gasteiger charge is -2.42. The van der Waals surface area contributed by atoms with Crippen molar-refractivity contribution in [3.05, 3.63) is 51.6 Å². The maximum atomic E-state index is 14.0. The smallest absolute Gasteiger partial charge is 0.344 e. The summed E-state index contributed by atoms with van der Waals surface area (Å²) in [6.07, 6.45) is 12.2. The van der Waals surface area contributed by atoms with Crippen molar-refractivity contribution >= 4 is 29.3 Å². The van der Waals surface area contributed by atoms with Gasteiger partial charge in [0.1, 0.15) is 22.8 Å². The third kappa shape index (κ3) is 11.8. The average molecular weight is 868 g/mol. The summed E-state index contributed by atoms with van der Waals surface area (Å²) in [6.45, 7) is 2.10. The van der Waals surface area contributed by atoms with Crippen LogP contribution in [0.5, 0.6) is 17.2 Å². The molecule has 1 aliphatic heterocycles. The van der Waals surface area contributed by atoms with Crippen molar-refractivity contribution in [3.8, 4) is 17.2 Å². The number of carbonyl (C=O) groups is 5. The van der Waals surface area contributed by atoms with Gasteiger partial charge in [-0.3, -0.25) is 19.2 Å². The van der Waals surface area contributed by atoms with Crippen LogP contribution in [-0.2, 0) is 39.8 Å². The quantitative estimate of drug-likeness (QED) is 0.0374. The van der Waals surface area contributed by atoms with E-state index in [4.69, 9.17) is 29.4 Å². The van der Waals surface area contributed by atoms with Crippen LogP contribution in [0.15, 0.2) is 18.2 Å². The van der Waals surface area contributed by atoms with E-state index in [-0.39, 0.29) is 40.8 Å². The van der Waals surface area contributed by atoms with E-state index in [0.29, 0.717) is 6.42 Å². The molecule has 3 aliphatic rings. The number of esters is 2. The number of hydrogen-bond acceptors (Lipinski definition) is 15.